The van der Waals surface area contributed by atoms with Crippen LogP contribution in [0.2, 0.25) is 0 Å². The van der Waals surface area contributed by atoms with Gasteiger partial charge in [0.2, 0.25) is 0 Å². The average molecular weight is 246 g/mol. The van der Waals surface area contributed by atoms with Gasteiger partial charge in [-0.25, -0.2) is 4.98 Å². The molecule has 1 aliphatic rings. The Labute approximate surface area is 107 Å². The van der Waals surface area contributed by atoms with Gasteiger partial charge in [-0.2, -0.15) is 5.26 Å². The fourth-order valence-electron chi connectivity index (χ4n) is 2.03. The van der Waals surface area contributed by atoms with Crippen LogP contribution in [0.15, 0.2) is 18.3 Å². The summed E-state index contributed by atoms with van der Waals surface area (Å²) in [6, 6.07) is 5.78. The predicted molar refractivity (Wildman–Crippen MR) is 69.3 cm³/mol. The van der Waals surface area contributed by atoms with Crippen molar-refractivity contribution >= 4 is 5.82 Å². The minimum atomic E-state index is 0.120. The van der Waals surface area contributed by atoms with Gasteiger partial charge in [-0.15, -0.1) is 0 Å². The van der Waals surface area contributed by atoms with E-state index in [0.29, 0.717) is 11.4 Å². The first-order valence-electron chi connectivity index (χ1n) is 6.12. The van der Waals surface area contributed by atoms with Crippen LogP contribution in [-0.2, 0) is 4.74 Å². The standard InChI is InChI=1S/C13H18N4O/c1-10(12-9-17(2)6-7-18-12)16-13-11(8-14)4-3-5-15-13/h3-5,10,12H,6-7,9H2,1-2H3,(H,15,16). The lowest BCUT2D eigenvalue weighted by Gasteiger charge is -2.34. The van der Waals surface area contributed by atoms with Gasteiger partial charge in [0.1, 0.15) is 11.9 Å². The molecule has 1 aliphatic heterocycles. The topological polar surface area (TPSA) is 61.2 Å². The minimum Gasteiger partial charge on any atom is -0.373 e. The molecule has 2 rings (SSSR count). The van der Waals surface area contributed by atoms with Crippen molar-refractivity contribution in [2.75, 3.05) is 32.1 Å². The first kappa shape index (κ1) is 12.8. The van der Waals surface area contributed by atoms with Crippen molar-refractivity contribution in [3.05, 3.63) is 23.9 Å². The Balaban J connectivity index is 2.02. The number of hydrogen-bond donors (Lipinski definition) is 1. The maximum absolute atomic E-state index is 9.01. The number of morpholine rings is 1. The van der Waals surface area contributed by atoms with Crippen LogP contribution in [0.4, 0.5) is 5.82 Å². The van der Waals surface area contributed by atoms with Crippen molar-refractivity contribution in [2.24, 2.45) is 0 Å². The van der Waals surface area contributed by atoms with Crippen molar-refractivity contribution in [1.29, 1.82) is 5.26 Å². The first-order valence-corrected chi connectivity index (χ1v) is 6.12. The normalized spacial score (nSPS) is 22.2. The number of rotatable bonds is 3. The highest BCUT2D eigenvalue weighted by atomic mass is 16.5. The van der Waals surface area contributed by atoms with E-state index < -0.39 is 0 Å². The van der Waals surface area contributed by atoms with E-state index in [4.69, 9.17) is 10.00 Å². The summed E-state index contributed by atoms with van der Waals surface area (Å²) in [5.74, 6) is 0.629. The molecule has 1 fully saturated rings. The summed E-state index contributed by atoms with van der Waals surface area (Å²) >= 11 is 0. The number of ether oxygens (including phenoxy) is 1. The summed E-state index contributed by atoms with van der Waals surface area (Å²) in [4.78, 5) is 6.45. The molecule has 0 amide bonds. The third-order valence-corrected chi connectivity index (χ3v) is 3.15. The highest BCUT2D eigenvalue weighted by Gasteiger charge is 2.24. The smallest absolute Gasteiger partial charge is 0.144 e. The molecule has 96 valence electrons. The van der Waals surface area contributed by atoms with Crippen LogP contribution in [0.3, 0.4) is 0 Å². The fourth-order valence-corrected chi connectivity index (χ4v) is 2.03. The van der Waals surface area contributed by atoms with Crippen molar-refractivity contribution in [1.82, 2.24) is 9.88 Å². The summed E-state index contributed by atoms with van der Waals surface area (Å²) in [6.07, 6.45) is 1.81. The van der Waals surface area contributed by atoms with Gasteiger partial charge in [-0.3, -0.25) is 0 Å². The molecule has 5 heteroatoms. The lowest BCUT2D eigenvalue weighted by molar-refractivity contribution is -0.0260. The zero-order valence-electron chi connectivity index (χ0n) is 10.8. The van der Waals surface area contributed by atoms with Crippen LogP contribution in [0, 0.1) is 11.3 Å². The van der Waals surface area contributed by atoms with Crippen molar-refractivity contribution in [3.8, 4) is 6.07 Å². The Bertz CT molecular complexity index is 443. The second-order valence-corrected chi connectivity index (χ2v) is 4.62. The lowest BCUT2D eigenvalue weighted by atomic mass is 10.1. The van der Waals surface area contributed by atoms with Crippen LogP contribution < -0.4 is 5.32 Å². The number of likely N-dealkylation sites (N-methyl/N-ethyl adjacent to an activating group) is 1. The van der Waals surface area contributed by atoms with E-state index in [9.17, 15) is 0 Å². The summed E-state index contributed by atoms with van der Waals surface area (Å²) < 4.78 is 5.74. The Hall–Kier alpha value is -1.64. The monoisotopic (exact) mass is 246 g/mol. The molecule has 2 heterocycles. The molecular formula is C13H18N4O. The number of nitrogens with zero attached hydrogens (tertiary/aromatic N) is 3. The molecule has 18 heavy (non-hydrogen) atoms. The molecule has 0 aromatic carbocycles. The van der Waals surface area contributed by atoms with E-state index in [2.05, 4.69) is 35.2 Å². The third-order valence-electron chi connectivity index (χ3n) is 3.15. The molecular weight excluding hydrogens is 228 g/mol. The van der Waals surface area contributed by atoms with Crippen LogP contribution in [0.1, 0.15) is 12.5 Å². The van der Waals surface area contributed by atoms with Gasteiger partial charge in [0.15, 0.2) is 0 Å². The number of aromatic nitrogens is 1. The van der Waals surface area contributed by atoms with Gasteiger partial charge < -0.3 is 15.0 Å². The Morgan fingerprint density at radius 2 is 2.50 bits per heavy atom. The molecule has 0 radical (unpaired) electrons. The second-order valence-electron chi connectivity index (χ2n) is 4.62. The summed E-state index contributed by atoms with van der Waals surface area (Å²) in [5.41, 5.74) is 0.563. The minimum absolute atomic E-state index is 0.120. The van der Waals surface area contributed by atoms with Gasteiger partial charge in [-0.05, 0) is 26.1 Å². The van der Waals surface area contributed by atoms with Crippen LogP contribution >= 0.6 is 0 Å². The van der Waals surface area contributed by atoms with Gasteiger partial charge >= 0.3 is 0 Å². The van der Waals surface area contributed by atoms with Crippen molar-refractivity contribution < 1.29 is 4.74 Å². The SMILES string of the molecule is CC(Nc1ncccc1C#N)C1CN(C)CCO1. The van der Waals surface area contributed by atoms with Crippen LogP contribution in [-0.4, -0.2) is 48.8 Å². The van der Waals surface area contributed by atoms with E-state index >= 15 is 0 Å². The number of pyridine rings is 1. The summed E-state index contributed by atoms with van der Waals surface area (Å²) in [5, 5.41) is 12.3. The Morgan fingerprint density at radius 3 is 3.22 bits per heavy atom. The number of anilines is 1. The van der Waals surface area contributed by atoms with Crippen molar-refractivity contribution in [2.45, 2.75) is 19.1 Å². The van der Waals surface area contributed by atoms with E-state index in [1.807, 2.05) is 0 Å². The number of hydrogen-bond acceptors (Lipinski definition) is 5. The quantitative estimate of drug-likeness (QED) is 0.865. The second kappa shape index (κ2) is 5.80. The first-order chi connectivity index (χ1) is 8.70. The molecule has 1 saturated heterocycles. The van der Waals surface area contributed by atoms with E-state index in [1.54, 1.807) is 18.3 Å². The molecule has 1 aromatic heterocycles. The van der Waals surface area contributed by atoms with Gasteiger partial charge in [-0.1, -0.05) is 0 Å². The highest BCUT2D eigenvalue weighted by molar-refractivity contribution is 5.51. The predicted octanol–water partition coefficient (Wildman–Crippen LogP) is 1.08. The summed E-state index contributed by atoms with van der Waals surface area (Å²) in [7, 11) is 2.09. The zero-order chi connectivity index (χ0) is 13.0. The molecule has 5 nitrogen and oxygen atoms in total. The fraction of sp³-hybridized carbons (Fsp3) is 0.538. The van der Waals surface area contributed by atoms with Crippen LogP contribution in [0.25, 0.3) is 0 Å². The molecule has 2 unspecified atom stereocenters. The van der Waals surface area contributed by atoms with Gasteiger partial charge in [0, 0.05) is 19.3 Å². The molecule has 1 N–H and O–H groups in total. The zero-order valence-corrected chi connectivity index (χ0v) is 10.8. The molecule has 0 bridgehead atoms. The number of nitriles is 1. The molecule has 1 aromatic rings. The van der Waals surface area contributed by atoms with Crippen molar-refractivity contribution in [3.63, 3.8) is 0 Å². The third kappa shape index (κ3) is 2.97. The largest absolute Gasteiger partial charge is 0.373 e. The molecule has 0 spiro atoms. The van der Waals surface area contributed by atoms with Crippen LogP contribution in [0.5, 0.6) is 0 Å². The van der Waals surface area contributed by atoms with E-state index in [1.165, 1.54) is 0 Å². The molecule has 0 saturated carbocycles. The van der Waals surface area contributed by atoms with Gasteiger partial charge in [0.05, 0.1) is 24.3 Å². The van der Waals surface area contributed by atoms with E-state index in [-0.39, 0.29) is 12.1 Å². The highest BCUT2D eigenvalue weighted by Crippen LogP contribution is 2.15. The maximum Gasteiger partial charge on any atom is 0.144 e. The van der Waals surface area contributed by atoms with E-state index in [0.717, 1.165) is 19.7 Å². The molecule has 0 aliphatic carbocycles. The average Bonchev–Trinajstić information content (AvgIpc) is 2.39. The summed E-state index contributed by atoms with van der Waals surface area (Å²) in [6.45, 7) is 4.67. The van der Waals surface area contributed by atoms with Gasteiger partial charge in [0.25, 0.3) is 0 Å². The Morgan fingerprint density at radius 1 is 1.67 bits per heavy atom. The lowest BCUT2D eigenvalue weighted by Crippen LogP contribution is -2.47. The molecule has 2 atom stereocenters. The maximum atomic E-state index is 9.01. The number of nitrogens with one attached hydrogen (secondary N) is 1. The Kier molecular flexibility index (Phi) is 4.13.